The van der Waals surface area contributed by atoms with Crippen LogP contribution in [0.15, 0.2) is 53.4 Å². The summed E-state index contributed by atoms with van der Waals surface area (Å²) in [5.41, 5.74) is 0.970. The monoisotopic (exact) mass is 353 g/mol. The van der Waals surface area contributed by atoms with Crippen LogP contribution in [0.25, 0.3) is 0 Å². The third-order valence-corrected chi connectivity index (χ3v) is 4.79. The molecular weight excluding hydrogens is 338 g/mol. The van der Waals surface area contributed by atoms with Crippen LogP contribution >= 0.6 is 11.6 Å². The highest BCUT2D eigenvalue weighted by Crippen LogP contribution is 2.14. The molecule has 2 aromatic carbocycles. The Morgan fingerprint density at radius 1 is 1.17 bits per heavy atom. The van der Waals surface area contributed by atoms with Gasteiger partial charge < -0.3 is 4.74 Å². The van der Waals surface area contributed by atoms with E-state index in [4.69, 9.17) is 16.3 Å². The molecule has 0 amide bonds. The van der Waals surface area contributed by atoms with Gasteiger partial charge in [0, 0.05) is 11.6 Å². The average molecular weight is 354 g/mol. The Kier molecular flexibility index (Phi) is 5.76. The van der Waals surface area contributed by atoms with Gasteiger partial charge in [0.05, 0.1) is 10.5 Å². The van der Waals surface area contributed by atoms with Crippen molar-refractivity contribution in [3.63, 3.8) is 0 Å². The summed E-state index contributed by atoms with van der Waals surface area (Å²) in [4.78, 5) is 12.1. The van der Waals surface area contributed by atoms with Gasteiger partial charge in [0.2, 0.25) is 10.0 Å². The molecule has 0 heterocycles. The van der Waals surface area contributed by atoms with Crippen LogP contribution in [0.3, 0.4) is 0 Å². The maximum atomic E-state index is 12.1. The van der Waals surface area contributed by atoms with E-state index in [1.807, 2.05) is 0 Å². The van der Waals surface area contributed by atoms with Crippen LogP contribution in [0.1, 0.15) is 22.8 Å². The summed E-state index contributed by atoms with van der Waals surface area (Å²) < 4.78 is 31.4. The first kappa shape index (κ1) is 17.5. The van der Waals surface area contributed by atoms with Gasteiger partial charge in [-0.15, -0.1) is 0 Å². The molecule has 0 radical (unpaired) electrons. The molecule has 5 nitrogen and oxygen atoms in total. The average Bonchev–Trinajstić information content (AvgIpc) is 2.54. The lowest BCUT2D eigenvalue weighted by molar-refractivity contribution is 0.0472. The number of ether oxygens (including phenoxy) is 1. The van der Waals surface area contributed by atoms with Crippen LogP contribution in [0.5, 0.6) is 0 Å². The van der Waals surface area contributed by atoms with Crippen molar-refractivity contribution in [3.8, 4) is 0 Å². The molecule has 0 aliphatic rings. The SMILES string of the molecule is CCNS(=O)(=O)c1cccc(C(=O)OCc2ccc(Cl)cc2)c1. The molecule has 0 aliphatic heterocycles. The van der Waals surface area contributed by atoms with Gasteiger partial charge >= 0.3 is 5.97 Å². The van der Waals surface area contributed by atoms with E-state index < -0.39 is 16.0 Å². The minimum absolute atomic E-state index is 0.0280. The zero-order valence-corrected chi connectivity index (χ0v) is 14.0. The third-order valence-electron chi connectivity index (χ3n) is 3.00. The molecule has 2 rings (SSSR count). The highest BCUT2D eigenvalue weighted by Gasteiger charge is 2.15. The maximum absolute atomic E-state index is 12.1. The first-order valence-electron chi connectivity index (χ1n) is 6.93. The lowest BCUT2D eigenvalue weighted by atomic mass is 10.2. The zero-order valence-electron chi connectivity index (χ0n) is 12.5. The summed E-state index contributed by atoms with van der Waals surface area (Å²) in [5.74, 6) is -0.589. The van der Waals surface area contributed by atoms with E-state index in [1.54, 1.807) is 31.2 Å². The quantitative estimate of drug-likeness (QED) is 0.810. The van der Waals surface area contributed by atoms with Crippen LogP contribution in [-0.4, -0.2) is 20.9 Å². The zero-order chi connectivity index (χ0) is 16.9. The summed E-state index contributed by atoms with van der Waals surface area (Å²) in [6.45, 7) is 2.04. The van der Waals surface area contributed by atoms with Crippen molar-refractivity contribution in [2.45, 2.75) is 18.4 Å². The van der Waals surface area contributed by atoms with Gasteiger partial charge in [-0.05, 0) is 35.9 Å². The predicted octanol–water partition coefficient (Wildman–Crippen LogP) is 3.00. The summed E-state index contributed by atoms with van der Waals surface area (Å²) >= 11 is 5.79. The second-order valence-electron chi connectivity index (χ2n) is 4.73. The van der Waals surface area contributed by atoms with Crippen molar-refractivity contribution in [2.24, 2.45) is 0 Å². The number of carbonyl (C=O) groups excluding carboxylic acids is 1. The smallest absolute Gasteiger partial charge is 0.338 e. The van der Waals surface area contributed by atoms with E-state index >= 15 is 0 Å². The Bertz CT molecular complexity index is 788. The van der Waals surface area contributed by atoms with Crippen molar-refractivity contribution in [1.82, 2.24) is 4.72 Å². The molecule has 7 heteroatoms. The molecular formula is C16H16ClNO4S. The number of carbonyl (C=O) groups is 1. The normalized spacial score (nSPS) is 11.2. The Morgan fingerprint density at radius 3 is 2.52 bits per heavy atom. The molecule has 0 saturated heterocycles. The molecule has 0 spiro atoms. The molecule has 0 unspecified atom stereocenters. The maximum Gasteiger partial charge on any atom is 0.338 e. The Morgan fingerprint density at radius 2 is 1.87 bits per heavy atom. The first-order valence-corrected chi connectivity index (χ1v) is 8.80. The highest BCUT2D eigenvalue weighted by atomic mass is 35.5. The predicted molar refractivity (Wildman–Crippen MR) is 87.9 cm³/mol. The van der Waals surface area contributed by atoms with Crippen LogP contribution in [0.2, 0.25) is 5.02 Å². The molecule has 23 heavy (non-hydrogen) atoms. The fourth-order valence-electron chi connectivity index (χ4n) is 1.88. The van der Waals surface area contributed by atoms with Crippen molar-refractivity contribution in [1.29, 1.82) is 0 Å². The molecule has 0 bridgehead atoms. The molecule has 122 valence electrons. The fraction of sp³-hybridized carbons (Fsp3) is 0.188. The van der Waals surface area contributed by atoms with Gasteiger partial charge in [0.25, 0.3) is 0 Å². The van der Waals surface area contributed by atoms with Crippen molar-refractivity contribution in [3.05, 3.63) is 64.7 Å². The molecule has 0 aromatic heterocycles. The second kappa shape index (κ2) is 7.59. The topological polar surface area (TPSA) is 72.5 Å². The van der Waals surface area contributed by atoms with E-state index in [0.717, 1.165) is 5.56 Å². The summed E-state index contributed by atoms with van der Waals surface area (Å²) in [6.07, 6.45) is 0. The lowest BCUT2D eigenvalue weighted by Crippen LogP contribution is -2.23. The van der Waals surface area contributed by atoms with E-state index in [2.05, 4.69) is 4.72 Å². The molecule has 2 aromatic rings. The highest BCUT2D eigenvalue weighted by molar-refractivity contribution is 7.89. The summed E-state index contributed by atoms with van der Waals surface area (Å²) in [5, 5.41) is 0.599. The van der Waals surface area contributed by atoms with E-state index in [0.29, 0.717) is 5.02 Å². The number of sulfonamides is 1. The van der Waals surface area contributed by atoms with Gasteiger partial charge in [-0.1, -0.05) is 36.7 Å². The second-order valence-corrected chi connectivity index (χ2v) is 6.94. The third kappa shape index (κ3) is 4.79. The van der Waals surface area contributed by atoms with Crippen LogP contribution < -0.4 is 4.72 Å². The van der Waals surface area contributed by atoms with E-state index in [1.165, 1.54) is 24.3 Å². The van der Waals surface area contributed by atoms with Crippen molar-refractivity contribution >= 4 is 27.6 Å². The van der Waals surface area contributed by atoms with E-state index in [9.17, 15) is 13.2 Å². The largest absolute Gasteiger partial charge is 0.457 e. The Hall–Kier alpha value is -1.89. The van der Waals surface area contributed by atoms with Crippen molar-refractivity contribution < 1.29 is 17.9 Å². The summed E-state index contributed by atoms with van der Waals surface area (Å²) in [6, 6.07) is 12.6. The number of nitrogens with one attached hydrogen (secondary N) is 1. The van der Waals surface area contributed by atoms with Crippen LogP contribution in [0.4, 0.5) is 0 Å². The fourth-order valence-corrected chi connectivity index (χ4v) is 3.09. The van der Waals surface area contributed by atoms with Gasteiger partial charge in [-0.25, -0.2) is 17.9 Å². The molecule has 0 saturated carbocycles. The molecule has 0 fully saturated rings. The lowest BCUT2D eigenvalue weighted by Gasteiger charge is -2.08. The Labute approximate surface area is 140 Å². The van der Waals surface area contributed by atoms with Crippen molar-refractivity contribution in [2.75, 3.05) is 6.54 Å². The molecule has 0 aliphatic carbocycles. The number of rotatable bonds is 6. The molecule has 1 N–H and O–H groups in total. The minimum Gasteiger partial charge on any atom is -0.457 e. The Balaban J connectivity index is 2.09. The number of benzene rings is 2. The number of halogens is 1. The van der Waals surface area contributed by atoms with Crippen LogP contribution in [-0.2, 0) is 21.4 Å². The summed E-state index contributed by atoms with van der Waals surface area (Å²) in [7, 11) is -3.61. The standard InChI is InChI=1S/C16H16ClNO4S/c1-2-18-23(20,21)15-5-3-4-13(10-15)16(19)22-11-12-6-8-14(17)9-7-12/h3-10,18H,2,11H2,1H3. The number of esters is 1. The molecule has 0 atom stereocenters. The van der Waals surface area contributed by atoms with Gasteiger partial charge in [0.15, 0.2) is 0 Å². The van der Waals surface area contributed by atoms with Crippen LogP contribution in [0, 0.1) is 0 Å². The van der Waals surface area contributed by atoms with E-state index in [-0.39, 0.29) is 23.6 Å². The number of hydrogen-bond donors (Lipinski definition) is 1. The van der Waals surface area contributed by atoms with Gasteiger partial charge in [-0.2, -0.15) is 0 Å². The van der Waals surface area contributed by atoms with Gasteiger partial charge in [-0.3, -0.25) is 0 Å². The minimum atomic E-state index is -3.61. The first-order chi connectivity index (χ1) is 10.9. The number of hydrogen-bond acceptors (Lipinski definition) is 4. The van der Waals surface area contributed by atoms with Gasteiger partial charge in [0.1, 0.15) is 6.61 Å².